The Labute approximate surface area is 173 Å². The molecule has 1 aromatic carbocycles. The standard InChI is InChI=1S/C21H24N6O3/c1-27(2)18-10-23-9-16(18)19(28)11-5-13(24-8-11)7-15-14-6-12(25-21(22)30)3-4-17(14)26-20(15)29/h3-8,16,18,23-24H,9-10H2,1-2H3,(H,26,29)(H3,22,25,30)/b15-7-/t16?,18-/m1/s1. The number of carbonyl (C=O) groups is 3. The second kappa shape index (κ2) is 7.77. The van der Waals surface area contributed by atoms with Crippen LogP contribution >= 0.6 is 0 Å². The maximum atomic E-state index is 13.0. The average Bonchev–Trinajstić information content (AvgIpc) is 3.41. The van der Waals surface area contributed by atoms with Crippen LogP contribution in [0, 0.1) is 5.92 Å². The molecular weight excluding hydrogens is 384 g/mol. The summed E-state index contributed by atoms with van der Waals surface area (Å²) in [5, 5.41) is 8.58. The molecule has 2 aliphatic rings. The van der Waals surface area contributed by atoms with E-state index < -0.39 is 6.03 Å². The molecule has 1 saturated heterocycles. The number of urea groups is 1. The Balaban J connectivity index is 1.60. The molecule has 9 nitrogen and oxygen atoms in total. The Morgan fingerprint density at radius 2 is 2.03 bits per heavy atom. The molecule has 1 fully saturated rings. The monoisotopic (exact) mass is 408 g/mol. The number of Topliss-reactive ketones (excluding diaryl/α,β-unsaturated/α-hetero) is 1. The number of aromatic amines is 1. The van der Waals surface area contributed by atoms with E-state index in [1.165, 1.54) is 0 Å². The van der Waals surface area contributed by atoms with Gasteiger partial charge in [0.2, 0.25) is 0 Å². The Kier molecular flexibility index (Phi) is 5.15. The third-order valence-corrected chi connectivity index (χ3v) is 5.54. The van der Waals surface area contributed by atoms with E-state index in [-0.39, 0.29) is 23.7 Å². The molecule has 2 aromatic rings. The molecule has 2 aliphatic heterocycles. The topological polar surface area (TPSA) is 132 Å². The maximum absolute atomic E-state index is 13.0. The lowest BCUT2D eigenvalue weighted by Crippen LogP contribution is -2.38. The molecule has 0 spiro atoms. The summed E-state index contributed by atoms with van der Waals surface area (Å²) in [6.07, 6.45) is 3.38. The number of hydrogen-bond donors (Lipinski definition) is 5. The minimum atomic E-state index is -0.678. The SMILES string of the molecule is CN(C)[C@@H]1CNCC1C(=O)c1c[nH]c(/C=C2\C(=O)Nc3ccc(NC(N)=O)cc32)c1. The smallest absolute Gasteiger partial charge is 0.316 e. The minimum absolute atomic E-state index is 0.0730. The number of nitrogens with one attached hydrogen (secondary N) is 4. The van der Waals surface area contributed by atoms with Crippen LogP contribution in [-0.2, 0) is 4.79 Å². The quantitative estimate of drug-likeness (QED) is 0.376. The second-order valence-corrected chi connectivity index (χ2v) is 7.77. The number of anilines is 2. The molecule has 9 heteroatoms. The molecule has 0 saturated carbocycles. The van der Waals surface area contributed by atoms with Crippen molar-refractivity contribution in [1.29, 1.82) is 0 Å². The fraction of sp³-hybridized carbons (Fsp3) is 0.286. The van der Waals surface area contributed by atoms with Crippen molar-refractivity contribution in [3.63, 3.8) is 0 Å². The normalized spacial score (nSPS) is 21.7. The molecule has 1 aromatic heterocycles. The van der Waals surface area contributed by atoms with Gasteiger partial charge in [0.1, 0.15) is 0 Å². The van der Waals surface area contributed by atoms with Crippen LogP contribution in [0.1, 0.15) is 21.6 Å². The molecule has 0 radical (unpaired) electrons. The average molecular weight is 408 g/mol. The van der Waals surface area contributed by atoms with Gasteiger partial charge in [0.25, 0.3) is 5.91 Å². The lowest BCUT2D eigenvalue weighted by atomic mass is 9.94. The van der Waals surface area contributed by atoms with E-state index >= 15 is 0 Å². The Bertz CT molecular complexity index is 1050. The van der Waals surface area contributed by atoms with Crippen molar-refractivity contribution >= 4 is 40.7 Å². The van der Waals surface area contributed by atoms with E-state index in [9.17, 15) is 14.4 Å². The summed E-state index contributed by atoms with van der Waals surface area (Å²) in [7, 11) is 3.95. The molecule has 3 amide bonds. The highest BCUT2D eigenvalue weighted by atomic mass is 16.2. The first-order valence-electron chi connectivity index (χ1n) is 9.67. The lowest BCUT2D eigenvalue weighted by Gasteiger charge is -2.23. The Hall–Kier alpha value is -3.43. The molecule has 30 heavy (non-hydrogen) atoms. The first-order chi connectivity index (χ1) is 14.3. The third-order valence-electron chi connectivity index (χ3n) is 5.54. The van der Waals surface area contributed by atoms with Gasteiger partial charge < -0.3 is 31.6 Å². The number of amides is 3. The molecule has 156 valence electrons. The Morgan fingerprint density at radius 3 is 2.77 bits per heavy atom. The van der Waals surface area contributed by atoms with Crippen LogP contribution in [0.5, 0.6) is 0 Å². The number of nitrogens with two attached hydrogens (primary N) is 1. The number of fused-ring (bicyclic) bond motifs is 1. The summed E-state index contributed by atoms with van der Waals surface area (Å²) in [6.45, 7) is 1.43. The van der Waals surface area contributed by atoms with Gasteiger partial charge in [-0.1, -0.05) is 0 Å². The number of ketones is 1. The molecule has 0 bridgehead atoms. The van der Waals surface area contributed by atoms with Crippen molar-refractivity contribution in [2.24, 2.45) is 11.7 Å². The summed E-state index contributed by atoms with van der Waals surface area (Å²) in [5.74, 6) is -0.297. The van der Waals surface area contributed by atoms with Gasteiger partial charge in [0.15, 0.2) is 5.78 Å². The number of carbonyl (C=O) groups excluding carboxylic acids is 3. The van der Waals surface area contributed by atoms with Gasteiger partial charge in [-0.2, -0.15) is 0 Å². The summed E-state index contributed by atoms with van der Waals surface area (Å²) in [4.78, 5) is 41.7. The van der Waals surface area contributed by atoms with Gasteiger partial charge >= 0.3 is 6.03 Å². The largest absolute Gasteiger partial charge is 0.361 e. The highest BCUT2D eigenvalue weighted by Crippen LogP contribution is 2.35. The van der Waals surface area contributed by atoms with Gasteiger partial charge in [-0.25, -0.2) is 4.79 Å². The van der Waals surface area contributed by atoms with Crippen LogP contribution in [0.3, 0.4) is 0 Å². The number of likely N-dealkylation sites (N-methyl/N-ethyl adjacent to an activating group) is 1. The van der Waals surface area contributed by atoms with E-state index in [1.54, 1.807) is 36.5 Å². The van der Waals surface area contributed by atoms with Crippen LogP contribution in [0.4, 0.5) is 16.2 Å². The molecular formula is C21H24N6O3. The highest BCUT2D eigenvalue weighted by Gasteiger charge is 2.35. The highest BCUT2D eigenvalue weighted by molar-refractivity contribution is 6.35. The van der Waals surface area contributed by atoms with Crippen molar-refractivity contribution < 1.29 is 14.4 Å². The molecule has 0 aliphatic carbocycles. The number of H-pyrrole nitrogens is 1. The zero-order chi connectivity index (χ0) is 21.4. The van der Waals surface area contributed by atoms with E-state index in [2.05, 4.69) is 25.8 Å². The number of aromatic nitrogens is 1. The van der Waals surface area contributed by atoms with Crippen molar-refractivity contribution in [3.05, 3.63) is 47.3 Å². The van der Waals surface area contributed by atoms with Crippen LogP contribution in [-0.4, -0.2) is 60.8 Å². The first-order valence-corrected chi connectivity index (χ1v) is 9.67. The summed E-state index contributed by atoms with van der Waals surface area (Å²) >= 11 is 0. The van der Waals surface area contributed by atoms with E-state index in [0.717, 1.165) is 6.54 Å². The number of rotatable bonds is 5. The number of nitrogens with zero attached hydrogens (tertiary/aromatic N) is 1. The summed E-state index contributed by atoms with van der Waals surface area (Å²) in [6, 6.07) is 6.29. The van der Waals surface area contributed by atoms with Crippen molar-refractivity contribution in [3.8, 4) is 0 Å². The zero-order valence-corrected chi connectivity index (χ0v) is 16.8. The van der Waals surface area contributed by atoms with Gasteiger partial charge in [-0.15, -0.1) is 0 Å². The van der Waals surface area contributed by atoms with Crippen LogP contribution in [0.15, 0.2) is 30.5 Å². The van der Waals surface area contributed by atoms with Crippen molar-refractivity contribution in [2.75, 3.05) is 37.8 Å². The van der Waals surface area contributed by atoms with Crippen molar-refractivity contribution in [1.82, 2.24) is 15.2 Å². The zero-order valence-electron chi connectivity index (χ0n) is 16.8. The Morgan fingerprint density at radius 1 is 1.23 bits per heavy atom. The van der Waals surface area contributed by atoms with Crippen LogP contribution in [0.2, 0.25) is 0 Å². The first kappa shape index (κ1) is 19.9. The maximum Gasteiger partial charge on any atom is 0.316 e. The predicted molar refractivity (Wildman–Crippen MR) is 115 cm³/mol. The number of benzene rings is 1. The lowest BCUT2D eigenvalue weighted by molar-refractivity contribution is -0.110. The van der Waals surface area contributed by atoms with Gasteiger partial charge in [0, 0.05) is 53.5 Å². The fourth-order valence-corrected chi connectivity index (χ4v) is 4.03. The van der Waals surface area contributed by atoms with Crippen LogP contribution in [0.25, 0.3) is 11.6 Å². The summed E-state index contributed by atoms with van der Waals surface area (Å²) < 4.78 is 0. The molecule has 6 N–H and O–H groups in total. The molecule has 4 rings (SSSR count). The number of hydrogen-bond acceptors (Lipinski definition) is 5. The predicted octanol–water partition coefficient (Wildman–Crippen LogP) is 1.33. The summed E-state index contributed by atoms with van der Waals surface area (Å²) in [5.41, 5.74) is 8.65. The molecule has 1 unspecified atom stereocenters. The number of primary amides is 1. The van der Waals surface area contributed by atoms with E-state index in [1.807, 2.05) is 14.1 Å². The molecule has 2 atom stereocenters. The van der Waals surface area contributed by atoms with Gasteiger partial charge in [-0.05, 0) is 44.4 Å². The van der Waals surface area contributed by atoms with Crippen molar-refractivity contribution in [2.45, 2.75) is 6.04 Å². The minimum Gasteiger partial charge on any atom is -0.361 e. The van der Waals surface area contributed by atoms with Gasteiger partial charge in [-0.3, -0.25) is 9.59 Å². The third kappa shape index (κ3) is 3.72. The second-order valence-electron chi connectivity index (χ2n) is 7.77. The van der Waals surface area contributed by atoms with E-state index in [0.29, 0.717) is 40.3 Å². The fourth-order valence-electron chi connectivity index (χ4n) is 4.03. The molecule has 3 heterocycles. The van der Waals surface area contributed by atoms with Crippen LogP contribution < -0.4 is 21.7 Å². The van der Waals surface area contributed by atoms with Gasteiger partial charge in [0.05, 0.1) is 11.5 Å². The van der Waals surface area contributed by atoms with E-state index in [4.69, 9.17) is 5.73 Å².